The summed E-state index contributed by atoms with van der Waals surface area (Å²) in [4.78, 5) is 17.6. The van der Waals surface area contributed by atoms with E-state index in [1.165, 1.54) is 19.2 Å². The molecule has 4 aromatic rings. The predicted molar refractivity (Wildman–Crippen MR) is 154 cm³/mol. The number of nitrogens with zero attached hydrogens (tertiary/aromatic N) is 4. The van der Waals surface area contributed by atoms with E-state index >= 15 is 0 Å². The third kappa shape index (κ3) is 4.66. The van der Waals surface area contributed by atoms with E-state index < -0.39 is 4.92 Å². The maximum Gasteiger partial charge on any atom is 0.273 e. The summed E-state index contributed by atoms with van der Waals surface area (Å²) in [5.74, 6) is 0.970. The summed E-state index contributed by atoms with van der Waals surface area (Å²) in [5, 5.41) is 15.8. The Balaban J connectivity index is 1.69. The van der Waals surface area contributed by atoms with E-state index in [0.29, 0.717) is 27.3 Å². The molecular weight excluding hydrogens is 538 g/mol. The van der Waals surface area contributed by atoms with Gasteiger partial charge in [0.25, 0.3) is 5.69 Å². The zero-order chi connectivity index (χ0) is 27.8. The SMILES string of the molecule is COc1ccc(N2C(=S)N[C@H](c3ccccn3)[C@H]2c2cc(C)n(-c3ccc([N+](=O)[O-])cc3OC)c2C)cc1Cl. The van der Waals surface area contributed by atoms with Crippen molar-refractivity contribution < 1.29 is 14.4 Å². The van der Waals surface area contributed by atoms with Crippen LogP contribution >= 0.6 is 23.8 Å². The molecule has 1 saturated heterocycles. The number of non-ortho nitro benzene ring substituents is 1. The first-order valence-electron chi connectivity index (χ1n) is 12.1. The Morgan fingerprint density at radius 1 is 1.05 bits per heavy atom. The van der Waals surface area contributed by atoms with Crippen LogP contribution < -0.4 is 19.7 Å². The molecule has 0 unspecified atom stereocenters. The van der Waals surface area contributed by atoms with Crippen LogP contribution in [0.3, 0.4) is 0 Å². The second-order valence-electron chi connectivity index (χ2n) is 9.09. The van der Waals surface area contributed by atoms with Gasteiger partial charge in [-0.1, -0.05) is 17.7 Å². The van der Waals surface area contributed by atoms with Gasteiger partial charge in [-0.05, 0) is 74.1 Å². The van der Waals surface area contributed by atoms with Crippen molar-refractivity contribution in [2.24, 2.45) is 0 Å². The Bertz CT molecular complexity index is 1580. The van der Waals surface area contributed by atoms with E-state index in [1.807, 2.05) is 59.7 Å². The molecule has 39 heavy (non-hydrogen) atoms. The number of aromatic nitrogens is 2. The molecule has 0 bridgehead atoms. The Labute approximate surface area is 236 Å². The molecule has 11 heteroatoms. The number of nitro groups is 1. The topological polar surface area (TPSA) is 94.7 Å². The van der Waals surface area contributed by atoms with Gasteiger partial charge in [0.1, 0.15) is 11.5 Å². The molecule has 1 N–H and O–H groups in total. The number of hydrogen-bond acceptors (Lipinski definition) is 6. The van der Waals surface area contributed by atoms with Gasteiger partial charge in [0.15, 0.2) is 5.11 Å². The molecule has 2 atom stereocenters. The van der Waals surface area contributed by atoms with E-state index in [9.17, 15) is 10.1 Å². The molecule has 1 fully saturated rings. The van der Waals surface area contributed by atoms with E-state index in [-0.39, 0.29) is 17.8 Å². The summed E-state index contributed by atoms with van der Waals surface area (Å²) < 4.78 is 13.0. The van der Waals surface area contributed by atoms with E-state index in [0.717, 1.165) is 28.3 Å². The fraction of sp³-hybridized carbons (Fsp3) is 0.214. The van der Waals surface area contributed by atoms with Crippen LogP contribution in [-0.4, -0.2) is 33.8 Å². The predicted octanol–water partition coefficient (Wildman–Crippen LogP) is 6.25. The van der Waals surface area contributed by atoms with Crippen molar-refractivity contribution in [2.75, 3.05) is 19.1 Å². The van der Waals surface area contributed by atoms with Crippen LogP contribution in [0.4, 0.5) is 11.4 Å². The van der Waals surface area contributed by atoms with Gasteiger partial charge < -0.3 is 24.3 Å². The Morgan fingerprint density at radius 2 is 1.82 bits per heavy atom. The smallest absolute Gasteiger partial charge is 0.273 e. The summed E-state index contributed by atoms with van der Waals surface area (Å²) in [6, 6.07) is 17.5. The van der Waals surface area contributed by atoms with E-state index in [1.54, 1.807) is 19.4 Å². The highest BCUT2D eigenvalue weighted by molar-refractivity contribution is 7.80. The summed E-state index contributed by atoms with van der Waals surface area (Å²) in [6.07, 6.45) is 1.76. The molecule has 200 valence electrons. The minimum absolute atomic E-state index is 0.0404. The van der Waals surface area contributed by atoms with Crippen LogP contribution in [0.2, 0.25) is 5.02 Å². The van der Waals surface area contributed by atoms with Gasteiger partial charge in [-0.3, -0.25) is 15.1 Å². The molecule has 2 aromatic carbocycles. The van der Waals surface area contributed by atoms with Gasteiger partial charge in [0.05, 0.1) is 53.7 Å². The van der Waals surface area contributed by atoms with Crippen molar-refractivity contribution >= 4 is 40.3 Å². The third-order valence-corrected chi connectivity index (χ3v) is 7.53. The molecule has 0 amide bonds. The molecule has 0 spiro atoms. The summed E-state index contributed by atoms with van der Waals surface area (Å²) in [7, 11) is 3.08. The van der Waals surface area contributed by atoms with Gasteiger partial charge >= 0.3 is 0 Å². The lowest BCUT2D eigenvalue weighted by atomic mass is 9.96. The number of nitrogens with one attached hydrogen (secondary N) is 1. The number of aryl methyl sites for hydroxylation is 1. The van der Waals surface area contributed by atoms with Crippen LogP contribution in [0.1, 0.15) is 34.7 Å². The highest BCUT2D eigenvalue weighted by Crippen LogP contribution is 2.45. The van der Waals surface area contributed by atoms with Crippen LogP contribution in [0, 0.1) is 24.0 Å². The van der Waals surface area contributed by atoms with Crippen LogP contribution in [-0.2, 0) is 0 Å². The van der Waals surface area contributed by atoms with Crippen LogP contribution in [0.15, 0.2) is 66.9 Å². The zero-order valence-electron chi connectivity index (χ0n) is 21.7. The van der Waals surface area contributed by atoms with Crippen molar-refractivity contribution in [1.82, 2.24) is 14.9 Å². The number of benzene rings is 2. The standard InChI is InChI=1S/C28H26ClN5O4S/c1-16-13-20(17(2)32(16)23-10-8-19(34(35)36)15-25(23)38-4)27-26(22-7-5-6-12-30-22)31-28(39)33(27)18-9-11-24(37-3)21(29)14-18/h5-15,26-27H,1-4H3,(H,31,39)/t26-,27-/m1/s1. The van der Waals surface area contributed by atoms with Crippen LogP contribution in [0.25, 0.3) is 5.69 Å². The Hall–Kier alpha value is -4.15. The summed E-state index contributed by atoms with van der Waals surface area (Å²) >= 11 is 12.4. The lowest BCUT2D eigenvalue weighted by molar-refractivity contribution is -0.384. The second kappa shape index (κ2) is 10.5. The molecule has 5 rings (SSSR count). The average Bonchev–Trinajstić information content (AvgIpc) is 3.43. The Kier molecular flexibility index (Phi) is 7.16. The quantitative estimate of drug-likeness (QED) is 0.160. The fourth-order valence-corrected chi connectivity index (χ4v) is 5.77. The number of nitro benzene ring substituents is 1. The number of methoxy groups -OCH3 is 2. The number of ether oxygens (including phenoxy) is 2. The molecule has 3 heterocycles. The molecule has 0 aliphatic carbocycles. The lowest BCUT2D eigenvalue weighted by Crippen LogP contribution is -2.29. The summed E-state index contributed by atoms with van der Waals surface area (Å²) in [5.41, 5.74) is 5.17. The minimum atomic E-state index is -0.437. The number of rotatable bonds is 7. The van der Waals surface area contributed by atoms with Gasteiger partial charge in [0, 0.05) is 29.3 Å². The maximum absolute atomic E-state index is 11.4. The largest absolute Gasteiger partial charge is 0.495 e. The highest BCUT2D eigenvalue weighted by atomic mass is 35.5. The van der Waals surface area contributed by atoms with Crippen molar-refractivity contribution in [3.8, 4) is 17.2 Å². The van der Waals surface area contributed by atoms with Gasteiger partial charge in [0.2, 0.25) is 0 Å². The van der Waals surface area contributed by atoms with Gasteiger partial charge in [-0.15, -0.1) is 0 Å². The van der Waals surface area contributed by atoms with Crippen molar-refractivity contribution in [3.05, 3.63) is 105 Å². The number of anilines is 1. The molecule has 1 aliphatic heterocycles. The molecule has 1 aliphatic rings. The molecular formula is C28H26ClN5O4S. The monoisotopic (exact) mass is 563 g/mol. The molecule has 9 nitrogen and oxygen atoms in total. The van der Waals surface area contributed by atoms with E-state index in [4.69, 9.17) is 33.3 Å². The van der Waals surface area contributed by atoms with E-state index in [2.05, 4.69) is 16.4 Å². The number of thiocarbonyl (C=S) groups is 1. The van der Waals surface area contributed by atoms with Crippen molar-refractivity contribution in [2.45, 2.75) is 25.9 Å². The normalized spacial score (nSPS) is 16.7. The third-order valence-electron chi connectivity index (χ3n) is 6.92. The van der Waals surface area contributed by atoms with Crippen molar-refractivity contribution in [1.29, 1.82) is 0 Å². The number of pyridine rings is 1. The average molecular weight is 564 g/mol. The zero-order valence-corrected chi connectivity index (χ0v) is 23.3. The minimum Gasteiger partial charge on any atom is -0.495 e. The molecule has 0 saturated carbocycles. The maximum atomic E-state index is 11.4. The number of halogens is 1. The van der Waals surface area contributed by atoms with Crippen LogP contribution in [0.5, 0.6) is 11.5 Å². The molecule has 0 radical (unpaired) electrons. The first-order valence-corrected chi connectivity index (χ1v) is 12.9. The Morgan fingerprint density at radius 3 is 2.46 bits per heavy atom. The van der Waals surface area contributed by atoms with Crippen molar-refractivity contribution in [3.63, 3.8) is 0 Å². The number of hydrogen-bond donors (Lipinski definition) is 1. The molecule has 2 aromatic heterocycles. The van der Waals surface area contributed by atoms with Gasteiger partial charge in [-0.2, -0.15) is 0 Å². The summed E-state index contributed by atoms with van der Waals surface area (Å²) in [6.45, 7) is 4.00. The first-order chi connectivity index (χ1) is 18.7. The highest BCUT2D eigenvalue weighted by Gasteiger charge is 2.42. The van der Waals surface area contributed by atoms with Gasteiger partial charge in [-0.25, -0.2) is 0 Å². The lowest BCUT2D eigenvalue weighted by Gasteiger charge is -2.28. The fourth-order valence-electron chi connectivity index (χ4n) is 5.18. The first kappa shape index (κ1) is 26.5. The second-order valence-corrected chi connectivity index (χ2v) is 9.88.